The molecule has 15 heavy (non-hydrogen) atoms. The van der Waals surface area contributed by atoms with Gasteiger partial charge < -0.3 is 0 Å². The van der Waals surface area contributed by atoms with Crippen LogP contribution in [0.25, 0.3) is 0 Å². The predicted molar refractivity (Wildman–Crippen MR) is 70.0 cm³/mol. The Labute approximate surface area is 97.5 Å². The van der Waals surface area contributed by atoms with E-state index in [1.807, 2.05) is 11.8 Å². The van der Waals surface area contributed by atoms with Crippen molar-refractivity contribution in [1.29, 1.82) is 0 Å². The average Bonchev–Trinajstić information content (AvgIpc) is 2.27. The molecular weight excluding hydrogens is 200 g/mol. The Morgan fingerprint density at radius 2 is 1.67 bits per heavy atom. The molecule has 0 aromatic heterocycles. The van der Waals surface area contributed by atoms with Crippen molar-refractivity contribution >= 4 is 11.8 Å². The minimum Gasteiger partial charge on any atom is -0.134 e. The summed E-state index contributed by atoms with van der Waals surface area (Å²) in [6.07, 6.45) is 12.1. The number of rotatable bonds is 2. The van der Waals surface area contributed by atoms with E-state index in [1.165, 1.54) is 25.7 Å². The standard InChI is InChI=1S/C14H20S/c1-10(2)11-4-5-13-9-14(15-3)7-6-12(13)8-11/h8-10H,4-7H2,1-3H3. The van der Waals surface area contributed by atoms with E-state index in [0.717, 1.165) is 5.92 Å². The highest BCUT2D eigenvalue weighted by molar-refractivity contribution is 8.02. The van der Waals surface area contributed by atoms with Gasteiger partial charge in [-0.1, -0.05) is 25.5 Å². The second kappa shape index (κ2) is 4.61. The normalized spacial score (nSPS) is 21.3. The van der Waals surface area contributed by atoms with Crippen LogP contribution in [0.3, 0.4) is 0 Å². The molecule has 0 aliphatic heterocycles. The lowest BCUT2D eigenvalue weighted by molar-refractivity contribution is 0.691. The zero-order chi connectivity index (χ0) is 10.8. The highest BCUT2D eigenvalue weighted by atomic mass is 32.2. The Kier molecular flexibility index (Phi) is 3.40. The molecule has 0 aromatic carbocycles. The molecule has 0 saturated heterocycles. The summed E-state index contributed by atoms with van der Waals surface area (Å²) in [6.45, 7) is 4.62. The Hall–Kier alpha value is -0.430. The monoisotopic (exact) mass is 220 g/mol. The third-order valence-corrected chi connectivity index (χ3v) is 4.28. The lowest BCUT2D eigenvalue weighted by Crippen LogP contribution is -2.06. The zero-order valence-electron chi connectivity index (χ0n) is 9.97. The Morgan fingerprint density at radius 1 is 1.00 bits per heavy atom. The molecule has 0 unspecified atom stereocenters. The molecule has 0 amide bonds. The van der Waals surface area contributed by atoms with Crippen molar-refractivity contribution in [3.8, 4) is 0 Å². The molecule has 0 N–H and O–H groups in total. The summed E-state index contributed by atoms with van der Waals surface area (Å²) in [5.41, 5.74) is 4.87. The Morgan fingerprint density at radius 3 is 2.33 bits per heavy atom. The summed E-state index contributed by atoms with van der Waals surface area (Å²) in [7, 11) is 0. The average molecular weight is 220 g/mol. The fraction of sp³-hybridized carbons (Fsp3) is 0.571. The summed E-state index contributed by atoms with van der Waals surface area (Å²) >= 11 is 1.91. The smallest absolute Gasteiger partial charge is 0.0140 e. The van der Waals surface area contributed by atoms with Crippen LogP contribution < -0.4 is 0 Å². The maximum absolute atomic E-state index is 2.47. The minimum atomic E-state index is 0.727. The van der Waals surface area contributed by atoms with Gasteiger partial charge in [-0.3, -0.25) is 0 Å². The molecule has 1 heteroatoms. The first-order valence-corrected chi connectivity index (χ1v) is 7.10. The summed E-state index contributed by atoms with van der Waals surface area (Å²) in [6, 6.07) is 0. The number of thioether (sulfide) groups is 1. The molecule has 82 valence electrons. The van der Waals surface area contributed by atoms with Gasteiger partial charge in [0.2, 0.25) is 0 Å². The molecule has 0 atom stereocenters. The van der Waals surface area contributed by atoms with Crippen LogP contribution in [0.5, 0.6) is 0 Å². The van der Waals surface area contributed by atoms with E-state index >= 15 is 0 Å². The third-order valence-electron chi connectivity index (χ3n) is 3.43. The third kappa shape index (κ3) is 2.39. The van der Waals surface area contributed by atoms with Crippen molar-refractivity contribution in [2.45, 2.75) is 39.5 Å². The highest BCUT2D eigenvalue weighted by Gasteiger charge is 2.17. The van der Waals surface area contributed by atoms with Crippen LogP contribution in [-0.4, -0.2) is 6.26 Å². The predicted octanol–water partition coefficient (Wildman–Crippen LogP) is 4.70. The van der Waals surface area contributed by atoms with E-state index in [0.29, 0.717) is 0 Å². The maximum Gasteiger partial charge on any atom is -0.0140 e. The molecule has 0 saturated carbocycles. The van der Waals surface area contributed by atoms with Crippen LogP contribution in [-0.2, 0) is 0 Å². The number of allylic oxidation sites excluding steroid dienone is 6. The van der Waals surface area contributed by atoms with Gasteiger partial charge in [-0.25, -0.2) is 0 Å². The largest absolute Gasteiger partial charge is 0.134 e. The Bertz CT molecular complexity index is 342. The van der Waals surface area contributed by atoms with Crippen molar-refractivity contribution in [3.05, 3.63) is 33.8 Å². The van der Waals surface area contributed by atoms with Gasteiger partial charge in [0, 0.05) is 0 Å². The maximum atomic E-state index is 2.47. The van der Waals surface area contributed by atoms with Gasteiger partial charge in [0.1, 0.15) is 0 Å². The van der Waals surface area contributed by atoms with Gasteiger partial charge in [0.05, 0.1) is 0 Å². The summed E-state index contributed by atoms with van der Waals surface area (Å²) < 4.78 is 0. The lowest BCUT2D eigenvalue weighted by atomic mass is 9.83. The SMILES string of the molecule is CSC1=CC2=C(C=C(C(C)C)CC2)CC1. The first-order chi connectivity index (χ1) is 7.20. The second-order valence-corrected chi connectivity index (χ2v) is 5.67. The van der Waals surface area contributed by atoms with E-state index in [-0.39, 0.29) is 0 Å². The van der Waals surface area contributed by atoms with Gasteiger partial charge in [0.25, 0.3) is 0 Å². The molecule has 0 fully saturated rings. The van der Waals surface area contributed by atoms with Crippen LogP contribution in [0.1, 0.15) is 39.5 Å². The Balaban J connectivity index is 2.24. The van der Waals surface area contributed by atoms with Gasteiger partial charge in [-0.2, -0.15) is 0 Å². The number of hydrogen-bond acceptors (Lipinski definition) is 1. The van der Waals surface area contributed by atoms with Crippen molar-refractivity contribution in [1.82, 2.24) is 0 Å². The minimum absolute atomic E-state index is 0.727. The topological polar surface area (TPSA) is 0 Å². The van der Waals surface area contributed by atoms with Crippen LogP contribution in [0, 0.1) is 5.92 Å². The molecule has 0 bridgehead atoms. The van der Waals surface area contributed by atoms with E-state index in [1.54, 1.807) is 21.6 Å². The van der Waals surface area contributed by atoms with Crippen LogP contribution in [0.4, 0.5) is 0 Å². The molecule has 0 heterocycles. The molecule has 2 rings (SSSR count). The first kappa shape index (κ1) is 11.1. The second-order valence-electron chi connectivity index (χ2n) is 4.74. The fourth-order valence-electron chi connectivity index (χ4n) is 2.37. The van der Waals surface area contributed by atoms with E-state index in [2.05, 4.69) is 32.3 Å². The molecule has 2 aliphatic rings. The molecule has 0 spiro atoms. The van der Waals surface area contributed by atoms with Gasteiger partial charge >= 0.3 is 0 Å². The van der Waals surface area contributed by atoms with Crippen molar-refractivity contribution in [2.24, 2.45) is 5.92 Å². The first-order valence-electron chi connectivity index (χ1n) is 5.87. The summed E-state index contributed by atoms with van der Waals surface area (Å²) in [5, 5.41) is 0. The van der Waals surface area contributed by atoms with E-state index < -0.39 is 0 Å². The van der Waals surface area contributed by atoms with Crippen LogP contribution >= 0.6 is 11.8 Å². The van der Waals surface area contributed by atoms with E-state index in [9.17, 15) is 0 Å². The van der Waals surface area contributed by atoms with Crippen LogP contribution in [0.2, 0.25) is 0 Å². The quantitative estimate of drug-likeness (QED) is 0.650. The molecule has 0 radical (unpaired) electrons. The fourth-order valence-corrected chi connectivity index (χ4v) is 2.93. The molecule has 0 nitrogen and oxygen atoms in total. The van der Waals surface area contributed by atoms with Crippen molar-refractivity contribution in [3.63, 3.8) is 0 Å². The van der Waals surface area contributed by atoms with Crippen LogP contribution in [0.15, 0.2) is 33.8 Å². The van der Waals surface area contributed by atoms with Crippen molar-refractivity contribution < 1.29 is 0 Å². The van der Waals surface area contributed by atoms with Crippen molar-refractivity contribution in [2.75, 3.05) is 6.26 Å². The van der Waals surface area contributed by atoms with Gasteiger partial charge in [0.15, 0.2) is 0 Å². The molecule has 2 aliphatic carbocycles. The summed E-state index contributed by atoms with van der Waals surface area (Å²) in [4.78, 5) is 1.56. The summed E-state index contributed by atoms with van der Waals surface area (Å²) in [5.74, 6) is 0.727. The lowest BCUT2D eigenvalue weighted by Gasteiger charge is -2.24. The zero-order valence-corrected chi connectivity index (χ0v) is 10.8. The van der Waals surface area contributed by atoms with Gasteiger partial charge in [-0.15, -0.1) is 11.8 Å². The number of hydrogen-bond donors (Lipinski definition) is 0. The molecule has 0 aromatic rings. The van der Waals surface area contributed by atoms with Gasteiger partial charge in [-0.05, 0) is 60.0 Å². The molecular formula is C14H20S. The van der Waals surface area contributed by atoms with E-state index in [4.69, 9.17) is 0 Å². The highest BCUT2D eigenvalue weighted by Crippen LogP contribution is 2.37.